The molecule has 7 nitrogen and oxygen atoms in total. The summed E-state index contributed by atoms with van der Waals surface area (Å²) in [6, 6.07) is 10.6. The first kappa shape index (κ1) is 20.8. The maximum Gasteiger partial charge on any atom is 0.242 e. The topological polar surface area (TPSA) is 77.8 Å². The standard InChI is InChI=1S/C19H26N4O3S2/c1-22(2)28(24,25)16-8-5-7-15(13-16)21-19(27)20-14-17(18-9-6-12-26-18)23-10-3-4-11-23/h5-9,12-13,17H,3-4,10-11,14H2,1-2H3,(H2,20,21,27)/t17-/m1/s1. The lowest BCUT2D eigenvalue weighted by Gasteiger charge is -2.26. The summed E-state index contributed by atoms with van der Waals surface area (Å²) in [5.74, 6) is 0.913. The van der Waals surface area contributed by atoms with Crippen molar-refractivity contribution in [3.05, 3.63) is 48.4 Å². The van der Waals surface area contributed by atoms with Gasteiger partial charge in [-0.25, -0.2) is 12.7 Å². The second-order valence-electron chi connectivity index (χ2n) is 6.92. The van der Waals surface area contributed by atoms with Crippen molar-refractivity contribution in [2.45, 2.75) is 23.8 Å². The molecular formula is C19H26N4O3S2. The van der Waals surface area contributed by atoms with Crippen LogP contribution in [0.1, 0.15) is 24.6 Å². The Hall–Kier alpha value is -1.94. The number of nitrogens with one attached hydrogen (secondary N) is 2. The maximum atomic E-state index is 12.3. The van der Waals surface area contributed by atoms with Crippen molar-refractivity contribution in [2.24, 2.45) is 0 Å². The largest absolute Gasteiger partial charge is 0.468 e. The number of nitrogens with zero attached hydrogens (tertiary/aromatic N) is 2. The van der Waals surface area contributed by atoms with Gasteiger partial charge in [0.05, 0.1) is 17.2 Å². The van der Waals surface area contributed by atoms with Gasteiger partial charge in [0.15, 0.2) is 5.11 Å². The average Bonchev–Trinajstić information content (AvgIpc) is 3.36. The van der Waals surface area contributed by atoms with Crippen LogP contribution in [0, 0.1) is 0 Å². The van der Waals surface area contributed by atoms with E-state index >= 15 is 0 Å². The molecule has 28 heavy (non-hydrogen) atoms. The molecule has 0 aliphatic carbocycles. The minimum atomic E-state index is -3.49. The Kier molecular flexibility index (Phi) is 6.71. The minimum absolute atomic E-state index is 0.109. The molecule has 2 aromatic rings. The normalized spacial score (nSPS) is 16.2. The van der Waals surface area contributed by atoms with E-state index in [0.29, 0.717) is 17.3 Å². The monoisotopic (exact) mass is 422 g/mol. The highest BCUT2D eigenvalue weighted by molar-refractivity contribution is 7.89. The van der Waals surface area contributed by atoms with Crippen LogP contribution in [-0.2, 0) is 10.0 Å². The molecule has 2 heterocycles. The van der Waals surface area contributed by atoms with E-state index in [-0.39, 0.29) is 10.9 Å². The molecule has 9 heteroatoms. The summed E-state index contributed by atoms with van der Waals surface area (Å²) in [5, 5.41) is 6.75. The number of hydrogen-bond acceptors (Lipinski definition) is 5. The van der Waals surface area contributed by atoms with Crippen LogP contribution in [0.5, 0.6) is 0 Å². The highest BCUT2D eigenvalue weighted by Gasteiger charge is 2.25. The summed E-state index contributed by atoms with van der Waals surface area (Å²) in [7, 11) is -0.474. The van der Waals surface area contributed by atoms with E-state index in [1.54, 1.807) is 30.5 Å². The molecule has 0 radical (unpaired) electrons. The predicted molar refractivity (Wildman–Crippen MR) is 114 cm³/mol. The molecule has 2 N–H and O–H groups in total. The molecule has 1 atom stereocenters. The summed E-state index contributed by atoms with van der Waals surface area (Å²) in [6.07, 6.45) is 4.06. The number of furan rings is 1. The van der Waals surface area contributed by atoms with Crippen molar-refractivity contribution in [1.82, 2.24) is 14.5 Å². The molecule has 1 saturated heterocycles. The molecule has 1 fully saturated rings. The van der Waals surface area contributed by atoms with Gasteiger partial charge < -0.3 is 15.1 Å². The number of benzene rings is 1. The van der Waals surface area contributed by atoms with Crippen LogP contribution in [-0.4, -0.2) is 56.5 Å². The Morgan fingerprint density at radius 1 is 1.25 bits per heavy atom. The van der Waals surface area contributed by atoms with E-state index in [2.05, 4.69) is 15.5 Å². The van der Waals surface area contributed by atoms with Gasteiger partial charge in [-0.3, -0.25) is 4.90 Å². The summed E-state index contributed by atoms with van der Waals surface area (Å²) < 4.78 is 31.4. The van der Waals surface area contributed by atoms with Crippen LogP contribution < -0.4 is 10.6 Å². The molecule has 152 valence electrons. The lowest BCUT2D eigenvalue weighted by atomic mass is 10.2. The minimum Gasteiger partial charge on any atom is -0.468 e. The summed E-state index contributed by atoms with van der Waals surface area (Å²) in [5.41, 5.74) is 0.621. The molecule has 1 aromatic heterocycles. The Morgan fingerprint density at radius 3 is 2.64 bits per heavy atom. The van der Waals surface area contributed by atoms with Crippen LogP contribution >= 0.6 is 12.2 Å². The van der Waals surface area contributed by atoms with Gasteiger partial charge in [0.1, 0.15) is 5.76 Å². The van der Waals surface area contributed by atoms with Gasteiger partial charge in [-0.05, 0) is 68.5 Å². The van der Waals surface area contributed by atoms with Crippen molar-refractivity contribution in [3.63, 3.8) is 0 Å². The third-order valence-corrected chi connectivity index (χ3v) is 6.84. The molecule has 1 aliphatic heterocycles. The second kappa shape index (κ2) is 9.04. The van der Waals surface area contributed by atoms with Gasteiger partial charge in [-0.2, -0.15) is 0 Å². The van der Waals surface area contributed by atoms with Gasteiger partial charge in [0.25, 0.3) is 0 Å². The fraction of sp³-hybridized carbons (Fsp3) is 0.421. The Balaban J connectivity index is 1.64. The fourth-order valence-electron chi connectivity index (χ4n) is 3.25. The smallest absolute Gasteiger partial charge is 0.242 e. The van der Waals surface area contributed by atoms with Gasteiger partial charge in [0, 0.05) is 26.3 Å². The third kappa shape index (κ3) is 4.91. The van der Waals surface area contributed by atoms with Gasteiger partial charge >= 0.3 is 0 Å². The van der Waals surface area contributed by atoms with Crippen molar-refractivity contribution >= 4 is 33.0 Å². The average molecular weight is 423 g/mol. The van der Waals surface area contributed by atoms with Crippen molar-refractivity contribution in [2.75, 3.05) is 39.0 Å². The Labute approximate surface area is 171 Å². The molecule has 1 aliphatic rings. The highest BCUT2D eigenvalue weighted by Crippen LogP contribution is 2.25. The van der Waals surface area contributed by atoms with E-state index in [4.69, 9.17) is 16.6 Å². The molecule has 0 saturated carbocycles. The molecule has 0 unspecified atom stereocenters. The van der Waals surface area contributed by atoms with Crippen LogP contribution in [0.3, 0.4) is 0 Å². The van der Waals surface area contributed by atoms with Crippen molar-refractivity contribution in [1.29, 1.82) is 0 Å². The SMILES string of the molecule is CN(C)S(=O)(=O)c1cccc(NC(=S)NC[C@H](c2ccco2)N2CCCC2)c1. The van der Waals surface area contributed by atoms with E-state index in [1.807, 2.05) is 12.1 Å². The number of likely N-dealkylation sites (tertiary alicyclic amines) is 1. The number of anilines is 1. The molecule has 0 amide bonds. The van der Waals surface area contributed by atoms with E-state index in [0.717, 1.165) is 18.8 Å². The lowest BCUT2D eigenvalue weighted by molar-refractivity contribution is 0.216. The van der Waals surface area contributed by atoms with E-state index < -0.39 is 10.0 Å². The number of sulfonamides is 1. The van der Waals surface area contributed by atoms with Gasteiger partial charge in [-0.15, -0.1) is 0 Å². The quantitative estimate of drug-likeness (QED) is 0.664. The molecule has 0 bridgehead atoms. The molecule has 1 aromatic carbocycles. The first-order valence-electron chi connectivity index (χ1n) is 9.23. The van der Waals surface area contributed by atoms with Crippen LogP contribution in [0.2, 0.25) is 0 Å². The predicted octanol–water partition coefficient (Wildman–Crippen LogP) is 2.65. The first-order chi connectivity index (χ1) is 13.4. The van der Waals surface area contributed by atoms with E-state index in [9.17, 15) is 8.42 Å². The lowest BCUT2D eigenvalue weighted by Crippen LogP contribution is -2.38. The zero-order valence-electron chi connectivity index (χ0n) is 16.1. The highest BCUT2D eigenvalue weighted by atomic mass is 32.2. The summed E-state index contributed by atoms with van der Waals surface area (Å²) in [6.45, 7) is 2.68. The zero-order chi connectivity index (χ0) is 20.1. The van der Waals surface area contributed by atoms with Crippen LogP contribution in [0.25, 0.3) is 0 Å². The molecule has 0 spiro atoms. The summed E-state index contributed by atoms with van der Waals surface area (Å²) in [4.78, 5) is 2.61. The number of thiocarbonyl (C=S) groups is 1. The van der Waals surface area contributed by atoms with Crippen LogP contribution in [0.15, 0.2) is 52.0 Å². The first-order valence-corrected chi connectivity index (χ1v) is 11.1. The second-order valence-corrected chi connectivity index (χ2v) is 9.48. The van der Waals surface area contributed by atoms with Crippen molar-refractivity contribution < 1.29 is 12.8 Å². The molecular weight excluding hydrogens is 396 g/mol. The van der Waals surface area contributed by atoms with E-state index in [1.165, 1.54) is 31.2 Å². The number of rotatable bonds is 7. The molecule has 3 rings (SSSR count). The summed E-state index contributed by atoms with van der Waals surface area (Å²) >= 11 is 5.42. The zero-order valence-corrected chi connectivity index (χ0v) is 17.7. The third-order valence-electron chi connectivity index (χ3n) is 4.78. The Morgan fingerprint density at radius 2 is 2.00 bits per heavy atom. The van der Waals surface area contributed by atoms with Crippen LogP contribution in [0.4, 0.5) is 5.69 Å². The fourth-order valence-corrected chi connectivity index (χ4v) is 4.40. The van der Waals surface area contributed by atoms with Gasteiger partial charge in [0.2, 0.25) is 10.0 Å². The van der Waals surface area contributed by atoms with Crippen molar-refractivity contribution in [3.8, 4) is 0 Å². The number of hydrogen-bond donors (Lipinski definition) is 2. The Bertz CT molecular complexity index is 892. The maximum absolute atomic E-state index is 12.3. The van der Waals surface area contributed by atoms with Gasteiger partial charge in [-0.1, -0.05) is 6.07 Å².